The van der Waals surface area contributed by atoms with Gasteiger partial charge in [0.1, 0.15) is 16.8 Å². The van der Waals surface area contributed by atoms with Crippen LogP contribution in [0.4, 0.5) is 5.82 Å². The van der Waals surface area contributed by atoms with Gasteiger partial charge in [-0.2, -0.15) is 0 Å². The summed E-state index contributed by atoms with van der Waals surface area (Å²) in [4.78, 5) is 11.3. The topological polar surface area (TPSA) is 41.0 Å². The molecule has 1 heterocycles. The summed E-state index contributed by atoms with van der Waals surface area (Å²) in [6.07, 6.45) is 3.58. The normalized spacial score (nSPS) is 14.9. The highest BCUT2D eigenvalue weighted by molar-refractivity contribution is 6.29. The Morgan fingerprint density at radius 3 is 2.74 bits per heavy atom. The van der Waals surface area contributed by atoms with Crippen LogP contribution >= 0.6 is 11.6 Å². The number of halogens is 1. The van der Waals surface area contributed by atoms with Crippen molar-refractivity contribution in [2.45, 2.75) is 39.0 Å². The largest absolute Gasteiger partial charge is 0.369 e. The third-order valence-corrected chi connectivity index (χ3v) is 3.57. The van der Waals surface area contributed by atoms with Crippen LogP contribution in [-0.4, -0.2) is 41.0 Å². The number of nitrogens with one attached hydrogen (secondary N) is 1. The zero-order valence-corrected chi connectivity index (χ0v) is 12.6. The summed E-state index contributed by atoms with van der Waals surface area (Å²) in [6.45, 7) is 8.57. The predicted octanol–water partition coefficient (Wildman–Crippen LogP) is 3.15. The number of hydrogen-bond donors (Lipinski definition) is 1. The number of anilines is 1. The molecular formula is C14H23ClN4. The third kappa shape index (κ3) is 4.62. The molecule has 1 aromatic rings. The van der Waals surface area contributed by atoms with E-state index >= 15 is 0 Å². The molecule has 2 rings (SSSR count). The first-order valence-corrected chi connectivity index (χ1v) is 7.61. The fraction of sp³-hybridized carbons (Fsp3) is 0.714. The van der Waals surface area contributed by atoms with Crippen LogP contribution in [0, 0.1) is 0 Å². The van der Waals surface area contributed by atoms with Crippen molar-refractivity contribution >= 4 is 17.4 Å². The number of aromatic nitrogens is 2. The average molecular weight is 283 g/mol. The van der Waals surface area contributed by atoms with Gasteiger partial charge >= 0.3 is 0 Å². The Morgan fingerprint density at radius 2 is 2.11 bits per heavy atom. The lowest BCUT2D eigenvalue weighted by Gasteiger charge is -2.19. The van der Waals surface area contributed by atoms with Gasteiger partial charge in [-0.3, -0.25) is 0 Å². The Morgan fingerprint density at radius 1 is 1.32 bits per heavy atom. The van der Waals surface area contributed by atoms with Crippen LogP contribution < -0.4 is 5.32 Å². The smallest absolute Gasteiger partial charge is 0.135 e. The molecule has 1 aliphatic carbocycles. The standard InChI is InChI=1S/C14H23ClN4/c1-3-8-19(4-2)9-7-16-13-10-12(15)17-14(18-13)11-5-6-11/h10-11H,3-9H2,1-2H3,(H,16,17,18). The minimum atomic E-state index is 0.534. The maximum Gasteiger partial charge on any atom is 0.135 e. The van der Waals surface area contributed by atoms with E-state index in [-0.39, 0.29) is 0 Å². The molecule has 0 aromatic carbocycles. The summed E-state index contributed by atoms with van der Waals surface area (Å²) in [5, 5.41) is 3.90. The second kappa shape index (κ2) is 7.06. The van der Waals surface area contributed by atoms with Gasteiger partial charge in [-0.15, -0.1) is 0 Å². The van der Waals surface area contributed by atoms with Crippen molar-refractivity contribution < 1.29 is 0 Å². The molecule has 1 fully saturated rings. The monoisotopic (exact) mass is 282 g/mol. The van der Waals surface area contributed by atoms with Crippen LogP contribution in [-0.2, 0) is 0 Å². The molecule has 106 valence electrons. The molecule has 4 nitrogen and oxygen atoms in total. The molecule has 1 aromatic heterocycles. The Bertz CT molecular complexity index is 406. The first-order valence-electron chi connectivity index (χ1n) is 7.23. The Labute approximate surface area is 120 Å². The van der Waals surface area contributed by atoms with Gasteiger partial charge in [-0.05, 0) is 32.4 Å². The van der Waals surface area contributed by atoms with E-state index in [9.17, 15) is 0 Å². The molecule has 0 spiro atoms. The van der Waals surface area contributed by atoms with Gasteiger partial charge in [0.2, 0.25) is 0 Å². The summed E-state index contributed by atoms with van der Waals surface area (Å²) < 4.78 is 0. The molecule has 19 heavy (non-hydrogen) atoms. The van der Waals surface area contributed by atoms with E-state index in [0.29, 0.717) is 11.1 Å². The third-order valence-electron chi connectivity index (χ3n) is 3.38. The fourth-order valence-corrected chi connectivity index (χ4v) is 2.33. The lowest BCUT2D eigenvalue weighted by atomic mass is 10.4. The molecule has 1 N–H and O–H groups in total. The summed E-state index contributed by atoms with van der Waals surface area (Å²) in [5.74, 6) is 2.29. The molecule has 1 aliphatic rings. The summed E-state index contributed by atoms with van der Waals surface area (Å²) in [6, 6.07) is 1.81. The molecule has 0 unspecified atom stereocenters. The lowest BCUT2D eigenvalue weighted by molar-refractivity contribution is 0.300. The maximum absolute atomic E-state index is 6.04. The molecule has 0 aliphatic heterocycles. The first kappa shape index (κ1) is 14.5. The zero-order valence-electron chi connectivity index (χ0n) is 11.8. The number of likely N-dealkylation sites (N-methyl/N-ethyl adjacent to an activating group) is 1. The molecule has 1 saturated carbocycles. The molecule has 0 saturated heterocycles. The van der Waals surface area contributed by atoms with E-state index in [1.807, 2.05) is 6.07 Å². The van der Waals surface area contributed by atoms with Gasteiger partial charge in [-0.25, -0.2) is 9.97 Å². The highest BCUT2D eigenvalue weighted by atomic mass is 35.5. The number of hydrogen-bond acceptors (Lipinski definition) is 4. The lowest BCUT2D eigenvalue weighted by Crippen LogP contribution is -2.29. The second-order valence-corrected chi connectivity index (χ2v) is 5.46. The maximum atomic E-state index is 6.04. The summed E-state index contributed by atoms with van der Waals surface area (Å²) >= 11 is 6.04. The summed E-state index contributed by atoms with van der Waals surface area (Å²) in [5.41, 5.74) is 0. The molecule has 5 heteroatoms. The van der Waals surface area contributed by atoms with Crippen LogP contribution in [0.25, 0.3) is 0 Å². The van der Waals surface area contributed by atoms with E-state index < -0.39 is 0 Å². The highest BCUT2D eigenvalue weighted by Crippen LogP contribution is 2.38. The average Bonchev–Trinajstić information content (AvgIpc) is 3.21. The van der Waals surface area contributed by atoms with Crippen LogP contribution in [0.1, 0.15) is 44.9 Å². The Hall–Kier alpha value is -0.870. The Kier molecular flexibility index (Phi) is 5.40. The van der Waals surface area contributed by atoms with Crippen LogP contribution in [0.2, 0.25) is 5.15 Å². The van der Waals surface area contributed by atoms with Crippen LogP contribution in [0.3, 0.4) is 0 Å². The van der Waals surface area contributed by atoms with Crippen LogP contribution in [0.15, 0.2) is 6.07 Å². The number of rotatable bonds is 8. The summed E-state index contributed by atoms with van der Waals surface area (Å²) in [7, 11) is 0. The van der Waals surface area contributed by atoms with Gasteiger partial charge in [0.15, 0.2) is 0 Å². The van der Waals surface area contributed by atoms with Crippen molar-refractivity contribution in [3.05, 3.63) is 17.0 Å². The van der Waals surface area contributed by atoms with Crippen molar-refractivity contribution in [1.29, 1.82) is 0 Å². The first-order chi connectivity index (χ1) is 9.22. The van der Waals surface area contributed by atoms with Gasteiger partial charge in [-0.1, -0.05) is 25.4 Å². The highest BCUT2D eigenvalue weighted by Gasteiger charge is 2.27. The van der Waals surface area contributed by atoms with Gasteiger partial charge in [0, 0.05) is 25.1 Å². The van der Waals surface area contributed by atoms with Crippen LogP contribution in [0.5, 0.6) is 0 Å². The molecule has 0 atom stereocenters. The van der Waals surface area contributed by atoms with Crippen molar-refractivity contribution in [3.63, 3.8) is 0 Å². The van der Waals surface area contributed by atoms with Gasteiger partial charge in [0.25, 0.3) is 0 Å². The minimum Gasteiger partial charge on any atom is -0.369 e. The van der Waals surface area contributed by atoms with E-state index in [2.05, 4.69) is 34.0 Å². The fourth-order valence-electron chi connectivity index (χ4n) is 2.14. The SMILES string of the molecule is CCCN(CC)CCNc1cc(Cl)nc(C2CC2)n1. The van der Waals surface area contributed by atoms with E-state index in [0.717, 1.165) is 37.8 Å². The van der Waals surface area contributed by atoms with Gasteiger partial charge in [0.05, 0.1) is 0 Å². The second-order valence-electron chi connectivity index (χ2n) is 5.07. The van der Waals surface area contributed by atoms with Crippen molar-refractivity contribution in [2.75, 3.05) is 31.5 Å². The Balaban J connectivity index is 1.85. The zero-order chi connectivity index (χ0) is 13.7. The predicted molar refractivity (Wildman–Crippen MR) is 79.9 cm³/mol. The number of nitrogens with zero attached hydrogens (tertiary/aromatic N) is 3. The van der Waals surface area contributed by atoms with Crippen molar-refractivity contribution in [2.24, 2.45) is 0 Å². The van der Waals surface area contributed by atoms with Crippen molar-refractivity contribution in [3.8, 4) is 0 Å². The molecule has 0 bridgehead atoms. The molecule has 0 amide bonds. The quantitative estimate of drug-likeness (QED) is 0.744. The van der Waals surface area contributed by atoms with Gasteiger partial charge < -0.3 is 10.2 Å². The van der Waals surface area contributed by atoms with Crippen molar-refractivity contribution in [1.82, 2.24) is 14.9 Å². The van der Waals surface area contributed by atoms with E-state index in [4.69, 9.17) is 11.6 Å². The molecular weight excluding hydrogens is 260 g/mol. The van der Waals surface area contributed by atoms with E-state index in [1.165, 1.54) is 19.3 Å². The molecule has 0 radical (unpaired) electrons. The van der Waals surface area contributed by atoms with E-state index in [1.54, 1.807) is 0 Å². The minimum absolute atomic E-state index is 0.534.